The molecule has 0 amide bonds. The normalized spacial score (nSPS) is 10.6. The third-order valence-electron chi connectivity index (χ3n) is 3.21. The summed E-state index contributed by atoms with van der Waals surface area (Å²) in [5.41, 5.74) is 5.41. The van der Waals surface area contributed by atoms with E-state index < -0.39 is 0 Å². The number of hydrogen-bond acceptors (Lipinski definition) is 0. The molecule has 94 valence electrons. The molecule has 0 fully saturated rings. The molecule has 0 aliphatic heterocycles. The van der Waals surface area contributed by atoms with E-state index in [1.807, 2.05) is 0 Å². The van der Waals surface area contributed by atoms with E-state index in [0.29, 0.717) is 14.5 Å². The van der Waals surface area contributed by atoms with Crippen molar-refractivity contribution in [1.29, 1.82) is 0 Å². The van der Waals surface area contributed by atoms with Crippen LogP contribution >= 0.6 is 0 Å². The van der Waals surface area contributed by atoms with Gasteiger partial charge in [0.15, 0.2) is 0 Å². The molecule has 1 aromatic heterocycles. The molecule has 0 aliphatic rings. The van der Waals surface area contributed by atoms with E-state index in [2.05, 4.69) is 74.5 Å². The Bertz CT molecular complexity index is 647. The van der Waals surface area contributed by atoms with Crippen LogP contribution in [0.1, 0.15) is 11.1 Å². The molecule has 3 rings (SSSR count). The average Bonchev–Trinajstić information content (AvgIpc) is 2.88. The third kappa shape index (κ3) is 2.73. The molecule has 0 atom stereocenters. The van der Waals surface area contributed by atoms with Gasteiger partial charge in [-0.05, 0) is 0 Å². The minimum atomic E-state index is 0.418. The van der Waals surface area contributed by atoms with Crippen molar-refractivity contribution in [3.8, 4) is 20.0 Å². The fourth-order valence-electron chi connectivity index (χ4n) is 2.24. The molecule has 0 bridgehead atoms. The van der Waals surface area contributed by atoms with Gasteiger partial charge in [0.1, 0.15) is 0 Å². The molecular weight excluding hydrogens is 296 g/mol. The van der Waals surface area contributed by atoms with Gasteiger partial charge in [0.25, 0.3) is 0 Å². The molecule has 0 N–H and O–H groups in total. The summed E-state index contributed by atoms with van der Waals surface area (Å²) >= 11 is 0.418. The van der Waals surface area contributed by atoms with Gasteiger partial charge >= 0.3 is 120 Å². The maximum absolute atomic E-state index is 2.28. The summed E-state index contributed by atoms with van der Waals surface area (Å²) in [5, 5.41) is 0. The molecular formula is C18H16Se. The van der Waals surface area contributed by atoms with Gasteiger partial charge in [-0.25, -0.2) is 0 Å². The van der Waals surface area contributed by atoms with Crippen LogP contribution in [-0.4, -0.2) is 14.5 Å². The first-order valence-electron chi connectivity index (χ1n) is 6.46. The molecule has 0 radical (unpaired) electrons. The monoisotopic (exact) mass is 313 g/mol. The molecule has 3 aromatic rings. The van der Waals surface area contributed by atoms with Gasteiger partial charge in [-0.2, -0.15) is 0 Å². The van der Waals surface area contributed by atoms with E-state index in [1.165, 1.54) is 31.1 Å². The van der Waals surface area contributed by atoms with Crippen LogP contribution in [0.15, 0.2) is 60.7 Å². The number of benzene rings is 2. The zero-order chi connectivity index (χ0) is 13.2. The first kappa shape index (κ1) is 12.5. The summed E-state index contributed by atoms with van der Waals surface area (Å²) in [6.07, 6.45) is 0. The first-order chi connectivity index (χ1) is 9.22. The van der Waals surface area contributed by atoms with Crippen LogP contribution < -0.4 is 0 Å². The molecule has 19 heavy (non-hydrogen) atoms. The second-order valence-electron chi connectivity index (χ2n) is 4.90. The van der Waals surface area contributed by atoms with Crippen LogP contribution in [0.2, 0.25) is 0 Å². The van der Waals surface area contributed by atoms with Crippen LogP contribution in [0, 0.1) is 13.8 Å². The fraction of sp³-hybridized carbons (Fsp3) is 0.111. The Morgan fingerprint density at radius 3 is 1.53 bits per heavy atom. The standard InChI is InChI=1S/C18H16Se/c1-13-5-3-7-15(11-13)17-9-10-18(19-17)16-8-4-6-14(2)12-16/h3-12H,1-2H3/i17+1. The molecule has 0 saturated heterocycles. The van der Waals surface area contributed by atoms with Crippen LogP contribution in [-0.2, 0) is 0 Å². The van der Waals surface area contributed by atoms with Crippen molar-refractivity contribution >= 4 is 14.5 Å². The summed E-state index contributed by atoms with van der Waals surface area (Å²) < 4.78 is 2.96. The molecule has 0 unspecified atom stereocenters. The van der Waals surface area contributed by atoms with Crippen LogP contribution in [0.25, 0.3) is 20.0 Å². The van der Waals surface area contributed by atoms with E-state index in [9.17, 15) is 0 Å². The topological polar surface area (TPSA) is 0 Å². The van der Waals surface area contributed by atoms with E-state index in [0.717, 1.165) is 0 Å². The van der Waals surface area contributed by atoms with Crippen LogP contribution in [0.3, 0.4) is 0 Å². The number of hydrogen-bond donors (Lipinski definition) is 0. The zero-order valence-electron chi connectivity index (χ0n) is 11.2. The third-order valence-corrected chi connectivity index (χ3v) is 5.69. The van der Waals surface area contributed by atoms with Gasteiger partial charge in [0.05, 0.1) is 0 Å². The van der Waals surface area contributed by atoms with Crippen molar-refractivity contribution in [3.63, 3.8) is 0 Å². The minimum absolute atomic E-state index is 0.418. The Labute approximate surface area is 120 Å². The summed E-state index contributed by atoms with van der Waals surface area (Å²) in [6.45, 7) is 4.31. The Morgan fingerprint density at radius 1 is 0.632 bits per heavy atom. The summed E-state index contributed by atoms with van der Waals surface area (Å²) in [5.74, 6) is 0. The second-order valence-corrected chi connectivity index (χ2v) is 7.18. The summed E-state index contributed by atoms with van der Waals surface area (Å²) in [7, 11) is 0. The van der Waals surface area contributed by atoms with Crippen LogP contribution in [0.4, 0.5) is 0 Å². The molecule has 1 heteroatoms. The van der Waals surface area contributed by atoms with Gasteiger partial charge in [-0.3, -0.25) is 0 Å². The van der Waals surface area contributed by atoms with Gasteiger partial charge in [0, 0.05) is 0 Å². The van der Waals surface area contributed by atoms with Crippen LogP contribution in [0.5, 0.6) is 0 Å². The predicted molar refractivity (Wildman–Crippen MR) is 83.7 cm³/mol. The molecule has 0 nitrogen and oxygen atoms in total. The fourth-order valence-corrected chi connectivity index (χ4v) is 4.34. The molecule has 0 aliphatic carbocycles. The number of aryl methyl sites for hydroxylation is 2. The predicted octanol–water partition coefficient (Wildman–Crippen LogP) is 4.69. The summed E-state index contributed by atoms with van der Waals surface area (Å²) in [6, 6.07) is 22.2. The van der Waals surface area contributed by atoms with Crippen molar-refractivity contribution in [1.82, 2.24) is 0 Å². The summed E-state index contributed by atoms with van der Waals surface area (Å²) in [4.78, 5) is 0. The zero-order valence-corrected chi connectivity index (χ0v) is 12.9. The van der Waals surface area contributed by atoms with Gasteiger partial charge in [-0.15, -0.1) is 0 Å². The molecule has 1 heterocycles. The Balaban J connectivity index is 2.00. The van der Waals surface area contributed by atoms with Gasteiger partial charge < -0.3 is 0 Å². The first-order valence-corrected chi connectivity index (χ1v) is 8.17. The SMILES string of the molecule is Cc1cccc(-c2cc[13c](-c3cccc(C)c3)[se]2)c1. The van der Waals surface area contributed by atoms with Crippen molar-refractivity contribution in [2.24, 2.45) is 0 Å². The number of rotatable bonds is 2. The Kier molecular flexibility index (Phi) is 3.42. The average molecular weight is 312 g/mol. The molecule has 0 spiro atoms. The quantitative estimate of drug-likeness (QED) is 0.602. The molecule has 0 saturated carbocycles. The van der Waals surface area contributed by atoms with Gasteiger partial charge in [-0.1, -0.05) is 0 Å². The van der Waals surface area contributed by atoms with E-state index >= 15 is 0 Å². The van der Waals surface area contributed by atoms with Crippen molar-refractivity contribution < 1.29 is 0 Å². The van der Waals surface area contributed by atoms with Crippen molar-refractivity contribution in [2.45, 2.75) is 13.8 Å². The van der Waals surface area contributed by atoms with E-state index in [4.69, 9.17) is 0 Å². The maximum atomic E-state index is 2.28. The Morgan fingerprint density at radius 2 is 1.11 bits per heavy atom. The van der Waals surface area contributed by atoms with Gasteiger partial charge in [0.2, 0.25) is 0 Å². The molecule has 2 aromatic carbocycles. The van der Waals surface area contributed by atoms with Crippen molar-refractivity contribution in [2.75, 3.05) is 0 Å². The second kappa shape index (κ2) is 5.20. The van der Waals surface area contributed by atoms with Crippen molar-refractivity contribution in [3.05, 3.63) is 71.8 Å². The van der Waals surface area contributed by atoms with E-state index in [-0.39, 0.29) is 0 Å². The van der Waals surface area contributed by atoms with E-state index in [1.54, 1.807) is 0 Å². The Hall–Kier alpha value is -1.56.